The van der Waals surface area contributed by atoms with Crippen molar-refractivity contribution < 1.29 is 19.2 Å². The van der Waals surface area contributed by atoms with Gasteiger partial charge >= 0.3 is 6.09 Å². The minimum absolute atomic E-state index is 0.127. The molecule has 31 heavy (non-hydrogen) atoms. The number of carbonyl (C=O) groups is 2. The number of amides is 2. The van der Waals surface area contributed by atoms with E-state index in [0.717, 1.165) is 5.56 Å². The Morgan fingerprint density at radius 1 is 1.19 bits per heavy atom. The summed E-state index contributed by atoms with van der Waals surface area (Å²) in [6.07, 6.45) is 2.10. The third-order valence-corrected chi connectivity index (χ3v) is 4.77. The van der Waals surface area contributed by atoms with E-state index in [1.54, 1.807) is 36.6 Å². The van der Waals surface area contributed by atoms with Crippen molar-refractivity contribution in [3.63, 3.8) is 0 Å². The molecule has 3 heterocycles. The summed E-state index contributed by atoms with van der Waals surface area (Å²) < 4.78 is 6.96. The Balaban J connectivity index is 1.61. The molecule has 0 aliphatic carbocycles. The molecule has 0 spiro atoms. The molecule has 0 unspecified atom stereocenters. The van der Waals surface area contributed by atoms with E-state index in [1.807, 2.05) is 31.2 Å². The lowest BCUT2D eigenvalue weighted by molar-refractivity contribution is 0.102. The molecule has 1 aromatic carbocycles. The van der Waals surface area contributed by atoms with Crippen molar-refractivity contribution in [3.05, 3.63) is 65.9 Å². The highest BCUT2D eigenvalue weighted by Crippen LogP contribution is 2.26. The van der Waals surface area contributed by atoms with Crippen LogP contribution in [0.5, 0.6) is 0 Å². The van der Waals surface area contributed by atoms with Gasteiger partial charge in [0.05, 0.1) is 6.20 Å². The van der Waals surface area contributed by atoms with E-state index >= 15 is 0 Å². The normalized spacial score (nSPS) is 11.5. The summed E-state index contributed by atoms with van der Waals surface area (Å²) in [5.41, 5.74) is 2.08. The van der Waals surface area contributed by atoms with Gasteiger partial charge in [0, 0.05) is 17.4 Å². The molecule has 0 fully saturated rings. The molecular formula is C21H20N6O4. The number of aromatic nitrogens is 4. The van der Waals surface area contributed by atoms with Gasteiger partial charge in [-0.05, 0) is 44.5 Å². The van der Waals surface area contributed by atoms with Gasteiger partial charge in [-0.2, -0.15) is 4.98 Å². The summed E-state index contributed by atoms with van der Waals surface area (Å²) in [5, 5.41) is 18.2. The summed E-state index contributed by atoms with van der Waals surface area (Å²) >= 11 is 0. The highest BCUT2D eigenvalue weighted by atomic mass is 16.5. The Bertz CT molecular complexity index is 1290. The molecule has 2 amide bonds. The van der Waals surface area contributed by atoms with E-state index in [-0.39, 0.29) is 17.6 Å². The Kier molecular flexibility index (Phi) is 4.90. The largest absolute Gasteiger partial charge is 0.465 e. The second kappa shape index (κ2) is 7.56. The first kappa shape index (κ1) is 20.1. The number of imidazole rings is 1. The van der Waals surface area contributed by atoms with E-state index < -0.39 is 11.6 Å². The second-order valence-corrected chi connectivity index (χ2v) is 7.53. The molecule has 0 atom stereocenters. The molecule has 0 bridgehead atoms. The van der Waals surface area contributed by atoms with Crippen molar-refractivity contribution in [1.82, 2.24) is 24.8 Å². The maximum Gasteiger partial charge on any atom is 0.405 e. The fraction of sp³-hybridized carbons (Fsp3) is 0.190. The molecule has 3 N–H and O–H groups in total. The number of rotatable bonds is 5. The van der Waals surface area contributed by atoms with Crippen molar-refractivity contribution in [3.8, 4) is 11.4 Å². The van der Waals surface area contributed by atoms with E-state index in [4.69, 9.17) is 9.63 Å². The fourth-order valence-electron chi connectivity index (χ4n) is 3.10. The van der Waals surface area contributed by atoms with E-state index in [9.17, 15) is 9.59 Å². The topological polar surface area (TPSA) is 135 Å². The van der Waals surface area contributed by atoms with Gasteiger partial charge in [-0.15, -0.1) is 0 Å². The number of anilines is 1. The highest BCUT2D eigenvalue weighted by Gasteiger charge is 2.29. The summed E-state index contributed by atoms with van der Waals surface area (Å²) in [4.78, 5) is 32.4. The van der Waals surface area contributed by atoms with E-state index in [1.165, 1.54) is 6.20 Å². The molecule has 10 nitrogen and oxygen atoms in total. The monoisotopic (exact) mass is 420 g/mol. The molecule has 10 heteroatoms. The van der Waals surface area contributed by atoms with Gasteiger partial charge in [0.1, 0.15) is 16.9 Å². The summed E-state index contributed by atoms with van der Waals surface area (Å²) in [5.74, 6) is 0.0990. The molecule has 0 radical (unpaired) electrons. The lowest BCUT2D eigenvalue weighted by Gasteiger charge is -2.18. The summed E-state index contributed by atoms with van der Waals surface area (Å²) in [6, 6.07) is 10.9. The minimum Gasteiger partial charge on any atom is -0.465 e. The lowest BCUT2D eigenvalue weighted by Crippen LogP contribution is -2.40. The molecule has 0 aliphatic heterocycles. The number of pyridine rings is 1. The number of carbonyl (C=O) groups excluding carboxylic acids is 1. The van der Waals surface area contributed by atoms with Crippen LogP contribution in [-0.2, 0) is 5.54 Å². The predicted molar refractivity (Wildman–Crippen MR) is 112 cm³/mol. The van der Waals surface area contributed by atoms with Crippen LogP contribution in [0.25, 0.3) is 17.0 Å². The number of hydrogen-bond acceptors (Lipinski definition) is 6. The zero-order valence-corrected chi connectivity index (χ0v) is 17.1. The van der Waals surface area contributed by atoms with Gasteiger partial charge < -0.3 is 20.3 Å². The zero-order chi connectivity index (χ0) is 22.2. The van der Waals surface area contributed by atoms with Crippen LogP contribution < -0.4 is 10.6 Å². The van der Waals surface area contributed by atoms with Crippen LogP contribution >= 0.6 is 0 Å². The number of nitrogens with one attached hydrogen (secondary N) is 2. The molecule has 4 rings (SSSR count). The van der Waals surface area contributed by atoms with Crippen LogP contribution in [0.3, 0.4) is 0 Å². The molecule has 0 aliphatic rings. The van der Waals surface area contributed by atoms with Gasteiger partial charge in [-0.3, -0.25) is 9.20 Å². The summed E-state index contributed by atoms with van der Waals surface area (Å²) in [6.45, 7) is 5.11. The van der Waals surface area contributed by atoms with Crippen molar-refractivity contribution >= 4 is 23.3 Å². The van der Waals surface area contributed by atoms with Gasteiger partial charge in [0.2, 0.25) is 5.82 Å². The van der Waals surface area contributed by atoms with Crippen molar-refractivity contribution in [1.29, 1.82) is 0 Å². The molecular weight excluding hydrogens is 400 g/mol. The first-order chi connectivity index (χ1) is 14.7. The summed E-state index contributed by atoms with van der Waals surface area (Å²) in [7, 11) is 0. The number of carboxylic acid groups (broad SMARTS) is 1. The fourth-order valence-corrected chi connectivity index (χ4v) is 3.10. The van der Waals surface area contributed by atoms with Crippen molar-refractivity contribution in [2.75, 3.05) is 5.32 Å². The van der Waals surface area contributed by atoms with Crippen molar-refractivity contribution in [2.24, 2.45) is 0 Å². The molecule has 0 saturated carbocycles. The van der Waals surface area contributed by atoms with Crippen LogP contribution in [0.15, 0.2) is 53.3 Å². The number of hydrogen-bond donors (Lipinski definition) is 3. The van der Waals surface area contributed by atoms with Crippen LogP contribution in [0.4, 0.5) is 10.5 Å². The molecule has 3 aromatic heterocycles. The maximum absolute atomic E-state index is 12.8. The Hall–Kier alpha value is -4.21. The smallest absolute Gasteiger partial charge is 0.405 e. The quantitative estimate of drug-likeness (QED) is 0.450. The lowest BCUT2D eigenvalue weighted by atomic mass is 10.1. The third kappa shape index (κ3) is 3.95. The first-order valence-electron chi connectivity index (χ1n) is 9.44. The minimum atomic E-state index is -1.20. The average molecular weight is 420 g/mol. The van der Waals surface area contributed by atoms with Crippen LogP contribution in [0, 0.1) is 6.92 Å². The average Bonchev–Trinajstić information content (AvgIpc) is 3.36. The van der Waals surface area contributed by atoms with E-state index in [2.05, 4.69) is 25.8 Å². The molecule has 158 valence electrons. The van der Waals surface area contributed by atoms with Crippen LogP contribution in [-0.4, -0.2) is 36.6 Å². The van der Waals surface area contributed by atoms with Gasteiger partial charge in [-0.1, -0.05) is 23.4 Å². The standard InChI is InChI=1S/C21H20N6O4/c1-12-7-8-13(17-24-19(31-26-17)21(2,3)25-20(29)30)10-14(12)23-18(28)15-11-22-16-6-4-5-9-27(15)16/h4-11,25H,1-3H3,(H,23,28)(H,29,30). The van der Waals surface area contributed by atoms with Crippen LogP contribution in [0.2, 0.25) is 0 Å². The number of nitrogens with zero attached hydrogens (tertiary/aromatic N) is 4. The Morgan fingerprint density at radius 3 is 2.77 bits per heavy atom. The van der Waals surface area contributed by atoms with Gasteiger partial charge in [-0.25, -0.2) is 9.78 Å². The van der Waals surface area contributed by atoms with Gasteiger partial charge in [0.15, 0.2) is 0 Å². The Labute approximate surface area is 176 Å². The number of benzene rings is 1. The number of fused-ring (bicyclic) bond motifs is 1. The Morgan fingerprint density at radius 2 is 2.00 bits per heavy atom. The van der Waals surface area contributed by atoms with Crippen molar-refractivity contribution in [2.45, 2.75) is 26.3 Å². The van der Waals surface area contributed by atoms with Gasteiger partial charge in [0.25, 0.3) is 11.8 Å². The second-order valence-electron chi connectivity index (χ2n) is 7.53. The number of aryl methyl sites for hydroxylation is 1. The third-order valence-electron chi connectivity index (χ3n) is 4.77. The maximum atomic E-state index is 12.8. The SMILES string of the molecule is Cc1ccc(-c2noc(C(C)(C)NC(=O)O)n2)cc1NC(=O)c1cnc2ccccn12. The first-order valence-corrected chi connectivity index (χ1v) is 9.44. The molecule has 4 aromatic rings. The zero-order valence-electron chi connectivity index (χ0n) is 17.1. The predicted octanol–water partition coefficient (Wildman–Crippen LogP) is 3.45. The molecule has 0 saturated heterocycles. The van der Waals surface area contributed by atoms with E-state index in [0.29, 0.717) is 22.6 Å². The van der Waals surface area contributed by atoms with Crippen LogP contribution in [0.1, 0.15) is 35.8 Å². The highest BCUT2D eigenvalue weighted by molar-refractivity contribution is 6.04.